The quantitative estimate of drug-likeness (QED) is 0.419. The minimum Gasteiger partial charge on any atom is -0.484 e. The number of carbonyl (C=O) groups is 3. The summed E-state index contributed by atoms with van der Waals surface area (Å²) in [6, 6.07) is 8.64. The first kappa shape index (κ1) is 24.6. The maximum absolute atomic E-state index is 13.5. The fourth-order valence-corrected chi connectivity index (χ4v) is 5.42. The molecule has 9 nitrogen and oxygen atoms in total. The van der Waals surface area contributed by atoms with E-state index in [2.05, 4.69) is 16.2 Å². The molecule has 1 heterocycles. The van der Waals surface area contributed by atoms with Gasteiger partial charge in [-0.2, -0.15) is 0 Å². The summed E-state index contributed by atoms with van der Waals surface area (Å²) >= 11 is 11.6. The number of rotatable bonds is 6. The van der Waals surface area contributed by atoms with E-state index in [-0.39, 0.29) is 35.6 Å². The number of hydrogen-bond acceptors (Lipinski definition) is 6. The van der Waals surface area contributed by atoms with E-state index in [1.54, 1.807) is 18.2 Å². The summed E-state index contributed by atoms with van der Waals surface area (Å²) < 4.78 is 24.4. The zero-order valence-corrected chi connectivity index (χ0v) is 20.3. The van der Waals surface area contributed by atoms with Crippen molar-refractivity contribution in [3.05, 3.63) is 57.8 Å². The van der Waals surface area contributed by atoms with Gasteiger partial charge in [0.2, 0.25) is 5.91 Å². The first-order valence-electron chi connectivity index (χ1n) is 11.2. The van der Waals surface area contributed by atoms with Crippen LogP contribution in [0.1, 0.15) is 37.4 Å². The van der Waals surface area contributed by atoms with Gasteiger partial charge in [0, 0.05) is 28.6 Å². The van der Waals surface area contributed by atoms with E-state index >= 15 is 0 Å². The summed E-state index contributed by atoms with van der Waals surface area (Å²) in [4.78, 5) is 37.4. The largest absolute Gasteiger partial charge is 0.484 e. The molecule has 3 saturated carbocycles. The lowest BCUT2D eigenvalue weighted by atomic mass is 9.39. The summed E-state index contributed by atoms with van der Waals surface area (Å²) in [5.41, 5.74) is 4.14. The molecule has 2 aromatic rings. The fraction of sp³-hybridized carbons (Fsp3) is 0.375. The molecular weight excluding hydrogens is 516 g/mol. The Balaban J connectivity index is 1.06. The summed E-state index contributed by atoms with van der Waals surface area (Å²) in [7, 11) is 0. The van der Waals surface area contributed by atoms with Crippen LogP contribution in [0.4, 0.5) is 4.39 Å². The van der Waals surface area contributed by atoms with Gasteiger partial charge in [0.1, 0.15) is 17.3 Å². The van der Waals surface area contributed by atoms with Crippen LogP contribution in [-0.4, -0.2) is 41.1 Å². The molecule has 0 spiro atoms. The number of hydrazine groups is 1. The number of aliphatic hydroxyl groups is 1. The van der Waals surface area contributed by atoms with Gasteiger partial charge in [-0.3, -0.25) is 25.2 Å². The molecule has 2 bridgehead atoms. The lowest BCUT2D eigenvalue weighted by Gasteiger charge is -2.68. The zero-order chi connectivity index (χ0) is 25.7. The van der Waals surface area contributed by atoms with Crippen LogP contribution in [0.3, 0.4) is 0 Å². The molecule has 0 radical (unpaired) electrons. The maximum Gasteiger partial charge on any atom is 0.279 e. The van der Waals surface area contributed by atoms with E-state index < -0.39 is 34.9 Å². The van der Waals surface area contributed by atoms with Crippen LogP contribution >= 0.6 is 23.2 Å². The minimum absolute atomic E-state index is 0.0140. The Labute approximate surface area is 215 Å². The molecule has 0 aromatic heterocycles. The standard InChI is InChI=1S/C24H22Cl2FN3O6/c25-12-1-4-18-14(5-12)17(31)7-19(36-18)21(33)29-30-22(34)23-9-24(10-23,11-23)28-20(32)8-35-13-2-3-15(26)16(27)6-13/h1-6,17,19,31H,7-11H2,(H,28,32)(H,29,33)(H,30,34). The van der Waals surface area contributed by atoms with E-state index in [4.69, 9.17) is 32.7 Å². The third-order valence-corrected chi connectivity index (χ3v) is 7.35. The molecule has 2 atom stereocenters. The Morgan fingerprint density at radius 2 is 1.86 bits per heavy atom. The van der Waals surface area contributed by atoms with Crippen molar-refractivity contribution >= 4 is 40.9 Å². The Morgan fingerprint density at radius 3 is 2.58 bits per heavy atom. The monoisotopic (exact) mass is 537 g/mol. The molecule has 0 saturated heterocycles. The third-order valence-electron chi connectivity index (χ3n) is 6.81. The van der Waals surface area contributed by atoms with Crippen LogP contribution in [0, 0.1) is 11.2 Å². The Hall–Kier alpha value is -3.08. The van der Waals surface area contributed by atoms with Crippen LogP contribution < -0.4 is 25.6 Å². The highest BCUT2D eigenvalue weighted by molar-refractivity contribution is 6.31. The number of ether oxygens (including phenoxy) is 2. The van der Waals surface area contributed by atoms with Gasteiger partial charge in [-0.15, -0.1) is 0 Å². The molecular formula is C24H22Cl2FN3O6. The van der Waals surface area contributed by atoms with E-state index in [0.29, 0.717) is 35.6 Å². The predicted molar refractivity (Wildman–Crippen MR) is 126 cm³/mol. The topological polar surface area (TPSA) is 126 Å². The van der Waals surface area contributed by atoms with E-state index in [1.165, 1.54) is 12.1 Å². The number of nitrogens with one attached hydrogen (secondary N) is 3. The van der Waals surface area contributed by atoms with Crippen molar-refractivity contribution in [2.45, 2.75) is 43.4 Å². The smallest absolute Gasteiger partial charge is 0.279 e. The molecule has 12 heteroatoms. The van der Waals surface area contributed by atoms with Crippen molar-refractivity contribution in [3.8, 4) is 11.5 Å². The number of aliphatic hydroxyl groups excluding tert-OH is 1. The second kappa shape index (κ2) is 9.10. The van der Waals surface area contributed by atoms with Gasteiger partial charge in [-0.1, -0.05) is 23.2 Å². The van der Waals surface area contributed by atoms with Crippen molar-refractivity contribution in [1.82, 2.24) is 16.2 Å². The Bertz CT molecular complexity index is 1240. The molecule has 3 amide bonds. The van der Waals surface area contributed by atoms with Crippen molar-refractivity contribution in [1.29, 1.82) is 0 Å². The fourth-order valence-electron chi connectivity index (χ4n) is 5.12. The second-order valence-electron chi connectivity index (χ2n) is 9.49. The van der Waals surface area contributed by atoms with Gasteiger partial charge < -0.3 is 19.9 Å². The molecule has 3 aliphatic carbocycles. The molecule has 4 N–H and O–H groups in total. The second-order valence-corrected chi connectivity index (χ2v) is 10.3. The lowest BCUT2D eigenvalue weighted by molar-refractivity contribution is -0.185. The molecule has 6 rings (SSSR count). The van der Waals surface area contributed by atoms with Gasteiger partial charge in [-0.25, -0.2) is 4.39 Å². The summed E-state index contributed by atoms with van der Waals surface area (Å²) in [6.07, 6.45) is -0.619. The highest BCUT2D eigenvalue weighted by atomic mass is 35.5. The number of hydrogen-bond donors (Lipinski definition) is 4. The number of carbonyl (C=O) groups excluding carboxylic acids is 3. The lowest BCUT2D eigenvalue weighted by Crippen LogP contribution is -2.79. The van der Waals surface area contributed by atoms with Gasteiger partial charge in [-0.05, 0) is 49.6 Å². The van der Waals surface area contributed by atoms with Crippen molar-refractivity contribution in [3.63, 3.8) is 0 Å². The zero-order valence-electron chi connectivity index (χ0n) is 18.8. The summed E-state index contributed by atoms with van der Waals surface area (Å²) in [5.74, 6) is -1.45. The molecule has 4 aliphatic rings. The number of halogens is 3. The van der Waals surface area contributed by atoms with Crippen LogP contribution in [0.15, 0.2) is 36.4 Å². The highest BCUT2D eigenvalue weighted by Crippen LogP contribution is 2.67. The van der Waals surface area contributed by atoms with Crippen LogP contribution in [-0.2, 0) is 14.4 Å². The summed E-state index contributed by atoms with van der Waals surface area (Å²) in [6.45, 7) is -0.305. The molecule has 2 unspecified atom stereocenters. The van der Waals surface area contributed by atoms with Crippen LogP contribution in [0.5, 0.6) is 11.5 Å². The first-order chi connectivity index (χ1) is 17.1. The van der Waals surface area contributed by atoms with Crippen LogP contribution in [0.25, 0.3) is 0 Å². The van der Waals surface area contributed by atoms with Gasteiger partial charge >= 0.3 is 0 Å². The molecule has 3 fully saturated rings. The van der Waals surface area contributed by atoms with Crippen molar-refractivity contribution < 1.29 is 33.4 Å². The average molecular weight is 538 g/mol. The number of amides is 3. The van der Waals surface area contributed by atoms with E-state index in [1.807, 2.05) is 0 Å². The van der Waals surface area contributed by atoms with Gasteiger partial charge in [0.25, 0.3) is 11.8 Å². The SMILES string of the molecule is O=C(COc1ccc(Cl)c(F)c1)NC12CC(C(=O)NNC(=O)C3CC(O)c4cc(Cl)ccc4O3)(C1)C2. The molecule has 1 aliphatic heterocycles. The van der Waals surface area contributed by atoms with Crippen molar-refractivity contribution in [2.75, 3.05) is 6.61 Å². The number of benzene rings is 2. The Kier molecular flexibility index (Phi) is 6.22. The number of fused-ring (bicyclic) bond motifs is 1. The normalized spacial score (nSPS) is 27.3. The van der Waals surface area contributed by atoms with Crippen molar-refractivity contribution in [2.24, 2.45) is 5.41 Å². The average Bonchev–Trinajstić information content (AvgIpc) is 2.79. The molecule has 190 valence electrons. The van der Waals surface area contributed by atoms with Gasteiger partial charge in [0.05, 0.1) is 16.5 Å². The minimum atomic E-state index is -0.984. The first-order valence-corrected chi connectivity index (χ1v) is 12.0. The van der Waals surface area contributed by atoms with E-state index in [0.717, 1.165) is 6.07 Å². The maximum atomic E-state index is 13.5. The van der Waals surface area contributed by atoms with Crippen LogP contribution in [0.2, 0.25) is 10.0 Å². The van der Waals surface area contributed by atoms with E-state index in [9.17, 15) is 23.9 Å². The third kappa shape index (κ3) is 4.56. The predicted octanol–water partition coefficient (Wildman–Crippen LogP) is 2.58. The molecule has 2 aromatic carbocycles. The highest BCUT2D eigenvalue weighted by Gasteiger charge is 2.72. The molecule has 36 heavy (non-hydrogen) atoms. The Morgan fingerprint density at radius 1 is 1.11 bits per heavy atom. The van der Waals surface area contributed by atoms with Gasteiger partial charge in [0.15, 0.2) is 12.7 Å². The summed E-state index contributed by atoms with van der Waals surface area (Å²) in [5, 5.41) is 13.6.